The lowest BCUT2D eigenvalue weighted by molar-refractivity contribution is 0.324. The highest BCUT2D eigenvalue weighted by Crippen LogP contribution is 2.40. The molecule has 118 valence electrons. The van der Waals surface area contributed by atoms with Gasteiger partial charge in [0, 0.05) is 24.4 Å². The Morgan fingerprint density at radius 1 is 0.952 bits per heavy atom. The van der Waals surface area contributed by atoms with Gasteiger partial charge in [0.2, 0.25) is 5.75 Å². The van der Waals surface area contributed by atoms with Gasteiger partial charge >= 0.3 is 0 Å². The second-order valence-corrected chi connectivity index (χ2v) is 5.63. The summed E-state index contributed by atoms with van der Waals surface area (Å²) in [6.07, 6.45) is 8.21. The van der Waals surface area contributed by atoms with E-state index >= 15 is 0 Å². The van der Waals surface area contributed by atoms with E-state index in [9.17, 15) is 0 Å². The summed E-state index contributed by atoms with van der Waals surface area (Å²) >= 11 is 0. The Morgan fingerprint density at radius 3 is 2.10 bits per heavy atom. The molecule has 0 aromatic heterocycles. The molecule has 0 heterocycles. The number of ether oxygens (including phenoxy) is 3. The normalized spacial score (nSPS) is 15.6. The average Bonchev–Trinajstić information content (AvgIpc) is 2.54. The Hall–Kier alpha value is -1.58. The van der Waals surface area contributed by atoms with E-state index in [4.69, 9.17) is 14.2 Å². The maximum Gasteiger partial charge on any atom is 0.203 e. The van der Waals surface area contributed by atoms with E-state index in [-0.39, 0.29) is 0 Å². The lowest BCUT2D eigenvalue weighted by atomic mass is 9.87. The highest BCUT2D eigenvalue weighted by Gasteiger charge is 2.15. The third kappa shape index (κ3) is 4.19. The second-order valence-electron chi connectivity index (χ2n) is 5.63. The van der Waals surface area contributed by atoms with Crippen LogP contribution in [0, 0.1) is 5.92 Å². The number of anilines is 1. The van der Waals surface area contributed by atoms with Crippen molar-refractivity contribution >= 4 is 5.69 Å². The molecule has 1 aliphatic rings. The van der Waals surface area contributed by atoms with Crippen LogP contribution in [-0.4, -0.2) is 27.9 Å². The van der Waals surface area contributed by atoms with Gasteiger partial charge in [0.05, 0.1) is 21.3 Å². The number of rotatable bonds is 7. The first kappa shape index (κ1) is 15.8. The third-order valence-corrected chi connectivity index (χ3v) is 4.27. The van der Waals surface area contributed by atoms with Crippen LogP contribution in [0.15, 0.2) is 12.1 Å². The minimum absolute atomic E-state index is 0.637. The van der Waals surface area contributed by atoms with Crippen molar-refractivity contribution in [3.8, 4) is 17.2 Å². The number of nitrogens with one attached hydrogen (secondary N) is 1. The van der Waals surface area contributed by atoms with Crippen LogP contribution in [0.1, 0.15) is 38.5 Å². The van der Waals surface area contributed by atoms with Gasteiger partial charge in [-0.2, -0.15) is 0 Å². The van der Waals surface area contributed by atoms with Crippen molar-refractivity contribution in [3.63, 3.8) is 0 Å². The smallest absolute Gasteiger partial charge is 0.203 e. The Bertz CT molecular complexity index is 417. The number of hydrogen-bond acceptors (Lipinski definition) is 4. The van der Waals surface area contributed by atoms with Crippen molar-refractivity contribution in [1.29, 1.82) is 0 Å². The lowest BCUT2D eigenvalue weighted by Crippen LogP contribution is -2.12. The van der Waals surface area contributed by atoms with Crippen LogP contribution in [0.2, 0.25) is 0 Å². The molecule has 0 spiro atoms. The van der Waals surface area contributed by atoms with Crippen molar-refractivity contribution in [2.75, 3.05) is 33.2 Å². The SMILES string of the molecule is COc1cc(NCCC2CCCCC2)cc(OC)c1OC. The van der Waals surface area contributed by atoms with E-state index in [1.165, 1.54) is 38.5 Å². The van der Waals surface area contributed by atoms with Gasteiger partial charge in [-0.3, -0.25) is 0 Å². The van der Waals surface area contributed by atoms with Crippen LogP contribution in [0.5, 0.6) is 17.2 Å². The third-order valence-electron chi connectivity index (χ3n) is 4.27. The monoisotopic (exact) mass is 293 g/mol. The molecule has 1 saturated carbocycles. The van der Waals surface area contributed by atoms with Crippen molar-refractivity contribution in [2.24, 2.45) is 5.92 Å². The van der Waals surface area contributed by atoms with E-state index in [0.717, 1.165) is 18.2 Å². The maximum atomic E-state index is 5.37. The standard InChI is InChI=1S/C17H27NO3/c1-19-15-11-14(12-16(20-2)17(15)21-3)18-10-9-13-7-5-4-6-8-13/h11-13,18H,4-10H2,1-3H3. The first-order valence-electron chi connectivity index (χ1n) is 7.82. The Labute approximate surface area is 127 Å². The Morgan fingerprint density at radius 2 is 1.57 bits per heavy atom. The van der Waals surface area contributed by atoms with Crippen LogP contribution < -0.4 is 19.5 Å². The summed E-state index contributed by atoms with van der Waals surface area (Å²) in [6, 6.07) is 3.92. The average molecular weight is 293 g/mol. The van der Waals surface area contributed by atoms with Crippen molar-refractivity contribution in [3.05, 3.63) is 12.1 Å². The fourth-order valence-electron chi connectivity index (χ4n) is 3.08. The molecular weight excluding hydrogens is 266 g/mol. The van der Waals surface area contributed by atoms with Gasteiger partial charge in [0.15, 0.2) is 11.5 Å². The maximum absolute atomic E-state index is 5.37. The Kier molecular flexibility index (Phi) is 6.03. The summed E-state index contributed by atoms with van der Waals surface area (Å²) < 4.78 is 16.1. The molecule has 4 heteroatoms. The van der Waals surface area contributed by atoms with E-state index in [2.05, 4.69) is 5.32 Å². The van der Waals surface area contributed by atoms with Crippen LogP contribution >= 0.6 is 0 Å². The van der Waals surface area contributed by atoms with Crippen LogP contribution in [0.25, 0.3) is 0 Å². The first-order chi connectivity index (χ1) is 10.3. The first-order valence-corrected chi connectivity index (χ1v) is 7.82. The fourth-order valence-corrected chi connectivity index (χ4v) is 3.08. The molecule has 0 unspecified atom stereocenters. The number of methoxy groups -OCH3 is 3. The predicted octanol–water partition coefficient (Wildman–Crippen LogP) is 4.09. The zero-order valence-electron chi connectivity index (χ0n) is 13.4. The highest BCUT2D eigenvalue weighted by molar-refractivity contribution is 5.62. The van der Waals surface area contributed by atoms with Crippen molar-refractivity contribution in [2.45, 2.75) is 38.5 Å². The van der Waals surface area contributed by atoms with Gasteiger partial charge in [-0.05, 0) is 12.3 Å². The molecule has 0 aliphatic heterocycles. The van der Waals surface area contributed by atoms with E-state index in [1.807, 2.05) is 12.1 Å². The number of benzene rings is 1. The summed E-state index contributed by atoms with van der Waals surface area (Å²) in [4.78, 5) is 0. The molecule has 4 nitrogen and oxygen atoms in total. The van der Waals surface area contributed by atoms with Crippen molar-refractivity contribution in [1.82, 2.24) is 0 Å². The summed E-state index contributed by atoms with van der Waals surface area (Å²) in [5, 5.41) is 3.48. The molecule has 21 heavy (non-hydrogen) atoms. The molecule has 0 radical (unpaired) electrons. The Balaban J connectivity index is 1.95. The summed E-state index contributed by atoms with van der Waals surface area (Å²) in [5.41, 5.74) is 1.01. The molecule has 0 amide bonds. The van der Waals surface area contributed by atoms with Gasteiger partial charge < -0.3 is 19.5 Å². The molecule has 1 fully saturated rings. The largest absolute Gasteiger partial charge is 0.493 e. The van der Waals surface area contributed by atoms with Crippen molar-refractivity contribution < 1.29 is 14.2 Å². The molecule has 2 rings (SSSR count). The van der Waals surface area contributed by atoms with Gasteiger partial charge in [0.1, 0.15) is 0 Å². The predicted molar refractivity (Wildman–Crippen MR) is 85.8 cm³/mol. The second kappa shape index (κ2) is 8.01. The lowest BCUT2D eigenvalue weighted by Gasteiger charge is -2.22. The topological polar surface area (TPSA) is 39.7 Å². The minimum Gasteiger partial charge on any atom is -0.493 e. The summed E-state index contributed by atoms with van der Waals surface area (Å²) in [7, 11) is 4.91. The van der Waals surface area contributed by atoms with Gasteiger partial charge in [0.25, 0.3) is 0 Å². The van der Waals surface area contributed by atoms with Crippen LogP contribution in [-0.2, 0) is 0 Å². The van der Waals surface area contributed by atoms with E-state index in [0.29, 0.717) is 17.2 Å². The van der Waals surface area contributed by atoms with E-state index in [1.54, 1.807) is 21.3 Å². The fraction of sp³-hybridized carbons (Fsp3) is 0.647. The molecular formula is C17H27NO3. The van der Waals surface area contributed by atoms with Gasteiger partial charge in [-0.15, -0.1) is 0 Å². The minimum atomic E-state index is 0.637. The quantitative estimate of drug-likeness (QED) is 0.821. The molecule has 0 saturated heterocycles. The zero-order valence-corrected chi connectivity index (χ0v) is 13.4. The van der Waals surface area contributed by atoms with Crippen LogP contribution in [0.3, 0.4) is 0 Å². The molecule has 1 aliphatic carbocycles. The highest BCUT2D eigenvalue weighted by atomic mass is 16.5. The molecule has 1 N–H and O–H groups in total. The molecule has 1 aromatic rings. The zero-order chi connectivity index (χ0) is 15.1. The van der Waals surface area contributed by atoms with Gasteiger partial charge in [-0.25, -0.2) is 0 Å². The summed E-state index contributed by atoms with van der Waals surface area (Å²) in [5.74, 6) is 2.90. The van der Waals surface area contributed by atoms with E-state index < -0.39 is 0 Å². The molecule has 1 aromatic carbocycles. The number of hydrogen-bond donors (Lipinski definition) is 1. The van der Waals surface area contributed by atoms with Crippen LogP contribution in [0.4, 0.5) is 5.69 Å². The summed E-state index contributed by atoms with van der Waals surface area (Å²) in [6.45, 7) is 0.989. The molecule has 0 atom stereocenters. The van der Waals surface area contributed by atoms with Gasteiger partial charge in [-0.1, -0.05) is 32.1 Å². The molecule has 0 bridgehead atoms.